The van der Waals surface area contributed by atoms with E-state index in [1.807, 2.05) is 32.9 Å². The molecule has 0 bridgehead atoms. The van der Waals surface area contributed by atoms with Gasteiger partial charge in [0.15, 0.2) is 5.78 Å². The molecule has 0 aliphatic carbocycles. The van der Waals surface area contributed by atoms with Crippen molar-refractivity contribution in [2.24, 2.45) is 0 Å². The van der Waals surface area contributed by atoms with Crippen LogP contribution in [0.1, 0.15) is 34.6 Å². The van der Waals surface area contributed by atoms with Gasteiger partial charge in [-0.15, -0.1) is 11.6 Å². The first-order chi connectivity index (χ1) is 7.34. The number of halogens is 1. The first kappa shape index (κ1) is 12.9. The summed E-state index contributed by atoms with van der Waals surface area (Å²) in [5, 5.41) is -0.863. The summed E-state index contributed by atoms with van der Waals surface area (Å²) in [6.45, 7) is 7.03. The molecule has 0 heterocycles. The molecule has 1 aromatic carbocycles. The number of ketones is 2. The molecule has 3 heteroatoms. The van der Waals surface area contributed by atoms with E-state index in [1.165, 1.54) is 6.92 Å². The van der Waals surface area contributed by atoms with E-state index in [9.17, 15) is 9.59 Å². The van der Waals surface area contributed by atoms with Crippen molar-refractivity contribution in [2.45, 2.75) is 33.1 Å². The van der Waals surface area contributed by atoms with Crippen LogP contribution in [-0.4, -0.2) is 11.6 Å². The number of carbonyl (C=O) groups is 2. The molecule has 16 heavy (non-hydrogen) atoms. The number of aryl methyl sites for hydroxylation is 3. The lowest BCUT2D eigenvalue weighted by atomic mass is 9.94. The molecule has 0 aliphatic heterocycles. The van der Waals surface area contributed by atoms with Gasteiger partial charge in [-0.25, -0.2) is 0 Å². The molecule has 0 saturated carbocycles. The van der Waals surface area contributed by atoms with E-state index in [1.54, 1.807) is 0 Å². The van der Waals surface area contributed by atoms with Gasteiger partial charge in [0.1, 0.15) is 5.38 Å². The number of carbonyl (C=O) groups excluding carboxylic acids is 2. The second-order valence-electron chi connectivity index (χ2n) is 4.10. The van der Waals surface area contributed by atoms with Gasteiger partial charge in [0.25, 0.3) is 0 Å². The first-order valence-electron chi connectivity index (χ1n) is 5.11. The summed E-state index contributed by atoms with van der Waals surface area (Å²) in [7, 11) is 0. The third-order valence-electron chi connectivity index (χ3n) is 2.57. The minimum absolute atomic E-state index is 0.501. The Morgan fingerprint density at radius 1 is 1.12 bits per heavy atom. The summed E-state index contributed by atoms with van der Waals surface area (Å²) < 4.78 is 0. The zero-order valence-corrected chi connectivity index (χ0v) is 10.7. The van der Waals surface area contributed by atoms with Crippen LogP contribution in [0.2, 0.25) is 0 Å². The standard InChI is InChI=1S/C13H15ClO2/c1-7-5-8(2)11(9(3)6-7)12(14)13(16)10(4)15/h5-6,12H,1-4H3. The van der Waals surface area contributed by atoms with Crippen LogP contribution >= 0.6 is 11.6 Å². The summed E-state index contributed by atoms with van der Waals surface area (Å²) in [5.41, 5.74) is 3.78. The van der Waals surface area contributed by atoms with Crippen LogP contribution in [-0.2, 0) is 9.59 Å². The van der Waals surface area contributed by atoms with Gasteiger partial charge in [-0.05, 0) is 37.5 Å². The zero-order valence-electron chi connectivity index (χ0n) is 9.93. The predicted molar refractivity (Wildman–Crippen MR) is 64.9 cm³/mol. The number of benzene rings is 1. The minimum atomic E-state index is -0.863. The second kappa shape index (κ2) is 4.79. The number of Topliss-reactive ketones (excluding diaryl/α,β-unsaturated/α-hetero) is 2. The van der Waals surface area contributed by atoms with Gasteiger partial charge in [0, 0.05) is 6.92 Å². The van der Waals surface area contributed by atoms with Crippen molar-refractivity contribution in [3.8, 4) is 0 Å². The Bertz CT molecular complexity index is 426. The van der Waals surface area contributed by atoms with Gasteiger partial charge in [-0.3, -0.25) is 9.59 Å². The van der Waals surface area contributed by atoms with E-state index in [4.69, 9.17) is 11.6 Å². The lowest BCUT2D eigenvalue weighted by Crippen LogP contribution is -2.17. The molecule has 0 aromatic heterocycles. The SMILES string of the molecule is CC(=O)C(=O)C(Cl)c1c(C)cc(C)cc1C. The van der Waals surface area contributed by atoms with Gasteiger partial charge in [0.05, 0.1) is 0 Å². The molecule has 0 spiro atoms. The van der Waals surface area contributed by atoms with Crippen LogP contribution in [0.5, 0.6) is 0 Å². The van der Waals surface area contributed by atoms with Gasteiger partial charge < -0.3 is 0 Å². The summed E-state index contributed by atoms with van der Waals surface area (Å²) in [6, 6.07) is 3.93. The highest BCUT2D eigenvalue weighted by atomic mass is 35.5. The Balaban J connectivity index is 3.23. The van der Waals surface area contributed by atoms with E-state index < -0.39 is 16.9 Å². The highest BCUT2D eigenvalue weighted by Gasteiger charge is 2.24. The Morgan fingerprint density at radius 3 is 1.94 bits per heavy atom. The number of hydrogen-bond acceptors (Lipinski definition) is 2. The Labute approximate surface area is 101 Å². The van der Waals surface area contributed by atoms with E-state index in [2.05, 4.69) is 0 Å². The molecule has 0 aliphatic rings. The van der Waals surface area contributed by atoms with Crippen LogP contribution in [0, 0.1) is 20.8 Å². The highest BCUT2D eigenvalue weighted by molar-refractivity contribution is 6.49. The zero-order chi connectivity index (χ0) is 12.5. The van der Waals surface area contributed by atoms with Gasteiger partial charge in [-0.2, -0.15) is 0 Å². The summed E-state index contributed by atoms with van der Waals surface area (Å²) in [6.07, 6.45) is 0. The first-order valence-corrected chi connectivity index (χ1v) is 5.54. The molecule has 1 aromatic rings. The van der Waals surface area contributed by atoms with Crippen LogP contribution < -0.4 is 0 Å². The fourth-order valence-corrected chi connectivity index (χ4v) is 2.40. The highest BCUT2D eigenvalue weighted by Crippen LogP contribution is 2.29. The molecule has 1 unspecified atom stereocenters. The van der Waals surface area contributed by atoms with E-state index in [0.717, 1.165) is 22.3 Å². The quantitative estimate of drug-likeness (QED) is 0.599. The molecule has 0 radical (unpaired) electrons. The lowest BCUT2D eigenvalue weighted by molar-refractivity contribution is -0.135. The second-order valence-corrected chi connectivity index (χ2v) is 4.53. The van der Waals surface area contributed by atoms with Gasteiger partial charge in [-0.1, -0.05) is 17.7 Å². The van der Waals surface area contributed by atoms with Crippen molar-refractivity contribution in [1.29, 1.82) is 0 Å². The van der Waals surface area contributed by atoms with Gasteiger partial charge in [0.2, 0.25) is 5.78 Å². The van der Waals surface area contributed by atoms with Crippen molar-refractivity contribution >= 4 is 23.2 Å². The van der Waals surface area contributed by atoms with E-state index in [-0.39, 0.29) is 0 Å². The van der Waals surface area contributed by atoms with Crippen LogP contribution in [0.4, 0.5) is 0 Å². The molecule has 86 valence electrons. The Morgan fingerprint density at radius 2 is 1.56 bits per heavy atom. The molecular weight excluding hydrogens is 224 g/mol. The molecular formula is C13H15ClO2. The average Bonchev–Trinajstić information content (AvgIpc) is 2.14. The smallest absolute Gasteiger partial charge is 0.220 e. The molecule has 0 N–H and O–H groups in total. The molecule has 1 atom stereocenters. The van der Waals surface area contributed by atoms with Crippen LogP contribution in [0.15, 0.2) is 12.1 Å². The minimum Gasteiger partial charge on any atom is -0.291 e. The van der Waals surface area contributed by atoms with Crippen molar-refractivity contribution in [3.63, 3.8) is 0 Å². The Hall–Kier alpha value is -1.15. The van der Waals surface area contributed by atoms with Crippen molar-refractivity contribution in [1.82, 2.24) is 0 Å². The molecule has 1 rings (SSSR count). The molecule has 0 fully saturated rings. The van der Waals surface area contributed by atoms with Crippen molar-refractivity contribution in [3.05, 3.63) is 34.4 Å². The maximum absolute atomic E-state index is 11.6. The molecule has 0 amide bonds. The fourth-order valence-electron chi connectivity index (χ4n) is 1.90. The summed E-state index contributed by atoms with van der Waals surface area (Å²) >= 11 is 6.04. The summed E-state index contributed by atoms with van der Waals surface area (Å²) in [5.74, 6) is -1.05. The third-order valence-corrected chi connectivity index (χ3v) is 2.99. The van der Waals surface area contributed by atoms with E-state index >= 15 is 0 Å². The predicted octanol–water partition coefficient (Wildman–Crippen LogP) is 3.05. The van der Waals surface area contributed by atoms with Gasteiger partial charge >= 0.3 is 0 Å². The molecule has 0 saturated heterocycles. The van der Waals surface area contributed by atoms with Crippen LogP contribution in [0.3, 0.4) is 0 Å². The van der Waals surface area contributed by atoms with Crippen molar-refractivity contribution < 1.29 is 9.59 Å². The normalized spacial score (nSPS) is 12.3. The summed E-state index contributed by atoms with van der Waals surface area (Å²) in [4.78, 5) is 22.6. The van der Waals surface area contributed by atoms with E-state index in [0.29, 0.717) is 0 Å². The lowest BCUT2D eigenvalue weighted by Gasteiger charge is -2.14. The molecule has 2 nitrogen and oxygen atoms in total. The number of alkyl halides is 1. The number of rotatable bonds is 3. The van der Waals surface area contributed by atoms with Crippen molar-refractivity contribution in [2.75, 3.05) is 0 Å². The average molecular weight is 239 g/mol. The topological polar surface area (TPSA) is 34.1 Å². The maximum Gasteiger partial charge on any atom is 0.220 e. The largest absolute Gasteiger partial charge is 0.291 e. The Kier molecular flexibility index (Phi) is 3.87. The van der Waals surface area contributed by atoms with Crippen LogP contribution in [0.25, 0.3) is 0 Å². The monoisotopic (exact) mass is 238 g/mol. The number of hydrogen-bond donors (Lipinski definition) is 0. The fraction of sp³-hybridized carbons (Fsp3) is 0.385. The maximum atomic E-state index is 11.6. The third kappa shape index (κ3) is 2.50.